The van der Waals surface area contributed by atoms with Gasteiger partial charge >= 0.3 is 6.18 Å². The highest BCUT2D eigenvalue weighted by Crippen LogP contribution is 2.32. The van der Waals surface area contributed by atoms with E-state index in [0.717, 1.165) is 0 Å². The maximum absolute atomic E-state index is 12.3. The van der Waals surface area contributed by atoms with E-state index in [2.05, 4.69) is 10.1 Å². The molecule has 0 saturated heterocycles. The first-order chi connectivity index (χ1) is 6.48. The fourth-order valence-electron chi connectivity index (χ4n) is 1.09. The summed E-state index contributed by atoms with van der Waals surface area (Å²) in [5, 5.41) is 5.32. The molecule has 0 radical (unpaired) electrons. The van der Waals surface area contributed by atoms with Gasteiger partial charge in [-0.3, -0.25) is 5.10 Å². The van der Waals surface area contributed by atoms with Crippen molar-refractivity contribution in [1.82, 2.24) is 15.2 Å². The van der Waals surface area contributed by atoms with Gasteiger partial charge in [0, 0.05) is 0 Å². The second-order valence-corrected chi connectivity index (χ2v) is 2.99. The van der Waals surface area contributed by atoms with Gasteiger partial charge in [0.15, 0.2) is 5.65 Å². The lowest BCUT2D eigenvalue weighted by atomic mass is 10.2. The van der Waals surface area contributed by atoms with Crippen molar-refractivity contribution >= 4 is 22.6 Å². The summed E-state index contributed by atoms with van der Waals surface area (Å²) in [5.74, 6) is 0. The molecule has 0 atom stereocenters. The number of fused-ring (bicyclic) bond motifs is 1. The Balaban J connectivity index is 2.70. The number of aromatic nitrogens is 3. The molecule has 74 valence electrons. The summed E-state index contributed by atoms with van der Waals surface area (Å²) in [6.45, 7) is 0. The van der Waals surface area contributed by atoms with Crippen molar-refractivity contribution in [3.8, 4) is 0 Å². The van der Waals surface area contributed by atoms with E-state index in [1.807, 2.05) is 5.10 Å². The first-order valence-electron chi connectivity index (χ1n) is 3.56. The molecule has 0 amide bonds. The molecule has 0 aliphatic rings. The van der Waals surface area contributed by atoms with Gasteiger partial charge in [0.1, 0.15) is 10.8 Å². The molecule has 0 aromatic carbocycles. The van der Waals surface area contributed by atoms with Crippen LogP contribution < -0.4 is 0 Å². The molecule has 14 heavy (non-hydrogen) atoms. The van der Waals surface area contributed by atoms with Gasteiger partial charge in [0.25, 0.3) is 0 Å². The Labute approximate surface area is 80.9 Å². The van der Waals surface area contributed by atoms with E-state index in [1.54, 1.807) is 0 Å². The Morgan fingerprint density at radius 2 is 2.00 bits per heavy atom. The molecule has 0 aliphatic heterocycles. The smallest absolute Gasteiger partial charge is 0.271 e. The Kier molecular flexibility index (Phi) is 1.88. The maximum atomic E-state index is 12.3. The molecular weight excluding hydrogens is 219 g/mol. The molecular formula is C7H3ClF3N3. The third kappa shape index (κ3) is 1.41. The van der Waals surface area contributed by atoms with Gasteiger partial charge in [-0.05, 0) is 12.1 Å². The second kappa shape index (κ2) is 2.84. The maximum Gasteiger partial charge on any atom is 0.433 e. The molecule has 3 nitrogen and oxygen atoms in total. The van der Waals surface area contributed by atoms with Crippen molar-refractivity contribution in [1.29, 1.82) is 0 Å². The lowest BCUT2D eigenvalue weighted by Gasteiger charge is -2.02. The molecule has 0 spiro atoms. The summed E-state index contributed by atoms with van der Waals surface area (Å²) < 4.78 is 37.0. The molecule has 2 aromatic rings. The number of halogens is 4. The predicted octanol–water partition coefficient (Wildman–Crippen LogP) is 2.63. The first-order valence-corrected chi connectivity index (χ1v) is 3.94. The van der Waals surface area contributed by atoms with Crippen LogP contribution in [0.25, 0.3) is 11.0 Å². The van der Waals surface area contributed by atoms with Gasteiger partial charge in [-0.2, -0.15) is 18.3 Å². The van der Waals surface area contributed by atoms with Crippen molar-refractivity contribution in [2.24, 2.45) is 0 Å². The summed E-state index contributed by atoms with van der Waals surface area (Å²) >= 11 is 5.50. The zero-order valence-corrected chi connectivity index (χ0v) is 7.32. The molecule has 0 fully saturated rings. The fourth-order valence-corrected chi connectivity index (χ4v) is 1.23. The van der Waals surface area contributed by atoms with Crippen LogP contribution >= 0.6 is 11.6 Å². The van der Waals surface area contributed by atoms with Crippen LogP contribution in [-0.2, 0) is 6.18 Å². The summed E-state index contributed by atoms with van der Waals surface area (Å²) in [4.78, 5) is 3.63. The number of alkyl halides is 3. The van der Waals surface area contributed by atoms with Crippen LogP contribution in [0.4, 0.5) is 13.2 Å². The molecule has 0 aliphatic carbocycles. The van der Waals surface area contributed by atoms with Gasteiger partial charge < -0.3 is 0 Å². The Hall–Kier alpha value is -1.30. The minimum absolute atomic E-state index is 0.0372. The van der Waals surface area contributed by atoms with Gasteiger partial charge in [-0.1, -0.05) is 11.6 Å². The number of hydrogen-bond donors (Lipinski definition) is 1. The quantitative estimate of drug-likeness (QED) is 0.695. The van der Waals surface area contributed by atoms with Crippen LogP contribution in [0.2, 0.25) is 5.15 Å². The van der Waals surface area contributed by atoms with E-state index in [4.69, 9.17) is 11.6 Å². The van der Waals surface area contributed by atoms with E-state index in [0.29, 0.717) is 0 Å². The summed E-state index contributed by atoms with van der Waals surface area (Å²) in [5.41, 5.74) is -0.943. The average Bonchev–Trinajstić information content (AvgIpc) is 2.45. The van der Waals surface area contributed by atoms with Crippen molar-refractivity contribution in [2.75, 3.05) is 0 Å². The van der Waals surface area contributed by atoms with E-state index in [1.165, 1.54) is 12.1 Å². The molecule has 2 heterocycles. The van der Waals surface area contributed by atoms with Crippen LogP contribution in [0.15, 0.2) is 12.1 Å². The number of H-pyrrole nitrogens is 1. The Morgan fingerprint density at radius 1 is 1.29 bits per heavy atom. The lowest BCUT2D eigenvalue weighted by molar-refractivity contribution is -0.139. The number of pyridine rings is 1. The molecule has 7 heteroatoms. The van der Waals surface area contributed by atoms with Crippen LogP contribution in [0.1, 0.15) is 5.69 Å². The van der Waals surface area contributed by atoms with E-state index < -0.39 is 11.9 Å². The minimum Gasteiger partial charge on any atom is -0.271 e. The largest absolute Gasteiger partial charge is 0.433 e. The number of nitrogens with zero attached hydrogens (tertiary/aromatic N) is 2. The van der Waals surface area contributed by atoms with Crippen molar-refractivity contribution < 1.29 is 13.2 Å². The number of aromatic amines is 1. The van der Waals surface area contributed by atoms with Crippen LogP contribution in [0.5, 0.6) is 0 Å². The SMILES string of the molecule is FC(F)(F)c1[nH]nc2nc(Cl)ccc12. The molecule has 0 saturated carbocycles. The normalized spacial score (nSPS) is 12.3. The van der Waals surface area contributed by atoms with Gasteiger partial charge in [-0.25, -0.2) is 4.98 Å². The van der Waals surface area contributed by atoms with Crippen molar-refractivity contribution in [3.05, 3.63) is 23.0 Å². The monoisotopic (exact) mass is 221 g/mol. The number of hydrogen-bond acceptors (Lipinski definition) is 2. The van der Waals surface area contributed by atoms with Crippen LogP contribution in [0, 0.1) is 0 Å². The third-order valence-corrected chi connectivity index (χ3v) is 1.88. The van der Waals surface area contributed by atoms with Gasteiger partial charge in [0.2, 0.25) is 0 Å². The Bertz CT molecular complexity index is 476. The zero-order chi connectivity index (χ0) is 10.3. The van der Waals surface area contributed by atoms with Crippen molar-refractivity contribution in [2.45, 2.75) is 6.18 Å². The molecule has 2 aromatic heterocycles. The number of nitrogens with one attached hydrogen (secondary N) is 1. The third-order valence-electron chi connectivity index (χ3n) is 1.67. The second-order valence-electron chi connectivity index (χ2n) is 2.60. The summed E-state index contributed by atoms with van der Waals surface area (Å²) in [7, 11) is 0. The Morgan fingerprint density at radius 3 is 2.64 bits per heavy atom. The van der Waals surface area contributed by atoms with Crippen LogP contribution in [-0.4, -0.2) is 15.2 Å². The highest BCUT2D eigenvalue weighted by molar-refractivity contribution is 6.29. The van der Waals surface area contributed by atoms with Gasteiger partial charge in [-0.15, -0.1) is 0 Å². The number of rotatable bonds is 0. The first kappa shape index (κ1) is 9.26. The van der Waals surface area contributed by atoms with Gasteiger partial charge in [0.05, 0.1) is 5.39 Å². The molecule has 2 rings (SSSR count). The molecule has 0 bridgehead atoms. The standard InChI is InChI=1S/C7H3ClF3N3/c8-4-2-1-3-5(7(9,10)11)13-14-6(3)12-4/h1-2H,(H,12,13,14). The van der Waals surface area contributed by atoms with E-state index in [9.17, 15) is 13.2 Å². The minimum atomic E-state index is -4.45. The topological polar surface area (TPSA) is 41.6 Å². The zero-order valence-electron chi connectivity index (χ0n) is 6.56. The highest BCUT2D eigenvalue weighted by Gasteiger charge is 2.35. The average molecular weight is 222 g/mol. The van der Waals surface area contributed by atoms with E-state index in [-0.39, 0.29) is 16.2 Å². The summed E-state index contributed by atoms with van der Waals surface area (Å²) in [6.07, 6.45) is -4.45. The fraction of sp³-hybridized carbons (Fsp3) is 0.143. The molecule has 1 N–H and O–H groups in total. The van der Waals surface area contributed by atoms with Crippen molar-refractivity contribution in [3.63, 3.8) is 0 Å². The highest BCUT2D eigenvalue weighted by atomic mass is 35.5. The van der Waals surface area contributed by atoms with Crippen LogP contribution in [0.3, 0.4) is 0 Å². The molecule has 0 unspecified atom stereocenters. The summed E-state index contributed by atoms with van der Waals surface area (Å²) in [6, 6.07) is 2.52. The lowest BCUT2D eigenvalue weighted by Crippen LogP contribution is -2.05. The van der Waals surface area contributed by atoms with E-state index >= 15 is 0 Å². The predicted molar refractivity (Wildman–Crippen MR) is 43.9 cm³/mol.